The van der Waals surface area contributed by atoms with Gasteiger partial charge >= 0.3 is 17.6 Å². The normalized spacial score (nSPS) is 10.9. The monoisotopic (exact) mass is 388 g/mol. The zero-order valence-electron chi connectivity index (χ0n) is 15.1. The number of carbonyl (C=O) groups is 2. The second kappa shape index (κ2) is 7.12. The predicted octanol–water partition coefficient (Wildman–Crippen LogP) is 3.44. The van der Waals surface area contributed by atoms with E-state index < -0.39 is 17.6 Å². The number of carboxylic acid groups (broad SMARTS) is 2. The molecule has 3 N–H and O–H groups in total. The van der Waals surface area contributed by atoms with Gasteiger partial charge in [0, 0.05) is 0 Å². The molecule has 0 aliphatic heterocycles. The van der Waals surface area contributed by atoms with Gasteiger partial charge in [-0.1, -0.05) is 48.5 Å². The Kier molecular flexibility index (Phi) is 4.48. The standard InChI is InChI=1S/C22H16N2O5/c25-20(26)16-5-2-1-4-15(16)14-10-8-13(9-11-14)12-24-19-17(21(27)28)6-3-7-18(19)23-22(24)29/h1-11H,12H2,(H,23,29)(H,25,26)(H,27,28). The molecule has 144 valence electrons. The minimum absolute atomic E-state index is 0.0489. The van der Waals surface area contributed by atoms with Crippen LogP contribution in [0.3, 0.4) is 0 Å². The third-order valence-corrected chi connectivity index (χ3v) is 4.79. The first kappa shape index (κ1) is 18.2. The number of nitrogens with zero attached hydrogens (tertiary/aromatic N) is 1. The smallest absolute Gasteiger partial charge is 0.337 e. The van der Waals surface area contributed by atoms with Crippen LogP contribution in [0, 0.1) is 0 Å². The maximum atomic E-state index is 12.4. The van der Waals surface area contributed by atoms with E-state index >= 15 is 0 Å². The Balaban J connectivity index is 1.73. The Morgan fingerprint density at radius 2 is 1.48 bits per heavy atom. The summed E-state index contributed by atoms with van der Waals surface area (Å²) in [6.45, 7) is 0.185. The van der Waals surface area contributed by atoms with Gasteiger partial charge in [0.2, 0.25) is 0 Å². The molecule has 3 aromatic carbocycles. The molecular formula is C22H16N2O5. The lowest BCUT2D eigenvalue weighted by Crippen LogP contribution is -2.18. The average Bonchev–Trinajstić information content (AvgIpc) is 3.03. The molecule has 1 heterocycles. The fraction of sp³-hybridized carbons (Fsp3) is 0.0455. The van der Waals surface area contributed by atoms with Gasteiger partial charge in [-0.25, -0.2) is 14.4 Å². The third-order valence-electron chi connectivity index (χ3n) is 4.79. The number of carboxylic acids is 2. The van der Waals surface area contributed by atoms with Gasteiger partial charge in [-0.05, 0) is 34.9 Å². The van der Waals surface area contributed by atoms with Crippen molar-refractivity contribution in [1.82, 2.24) is 9.55 Å². The van der Waals surface area contributed by atoms with E-state index in [2.05, 4.69) is 4.98 Å². The lowest BCUT2D eigenvalue weighted by atomic mass is 9.99. The van der Waals surface area contributed by atoms with Crippen molar-refractivity contribution in [2.24, 2.45) is 0 Å². The number of aromatic carboxylic acids is 2. The Morgan fingerprint density at radius 3 is 2.17 bits per heavy atom. The zero-order chi connectivity index (χ0) is 20.5. The van der Waals surface area contributed by atoms with Crippen LogP contribution in [0.25, 0.3) is 22.2 Å². The Morgan fingerprint density at radius 1 is 0.828 bits per heavy atom. The highest BCUT2D eigenvalue weighted by atomic mass is 16.4. The van der Waals surface area contributed by atoms with Gasteiger partial charge in [0.15, 0.2) is 0 Å². The second-order valence-electron chi connectivity index (χ2n) is 6.57. The number of rotatable bonds is 5. The van der Waals surface area contributed by atoms with Crippen LogP contribution in [0.2, 0.25) is 0 Å². The molecule has 0 fully saturated rings. The molecular weight excluding hydrogens is 372 g/mol. The Bertz CT molecular complexity index is 1300. The maximum Gasteiger partial charge on any atom is 0.337 e. The van der Waals surface area contributed by atoms with Gasteiger partial charge in [-0.3, -0.25) is 4.57 Å². The first-order valence-electron chi connectivity index (χ1n) is 8.82. The summed E-state index contributed by atoms with van der Waals surface area (Å²) >= 11 is 0. The van der Waals surface area contributed by atoms with Gasteiger partial charge in [0.05, 0.1) is 28.7 Å². The van der Waals surface area contributed by atoms with Crippen LogP contribution in [-0.4, -0.2) is 31.7 Å². The zero-order valence-corrected chi connectivity index (χ0v) is 15.1. The van der Waals surface area contributed by atoms with E-state index in [-0.39, 0.29) is 17.7 Å². The summed E-state index contributed by atoms with van der Waals surface area (Å²) in [5, 5.41) is 18.8. The van der Waals surface area contributed by atoms with E-state index in [1.807, 2.05) is 0 Å². The molecule has 1 aromatic heterocycles. The first-order valence-corrected chi connectivity index (χ1v) is 8.82. The summed E-state index contributed by atoms with van der Waals surface area (Å²) in [5.74, 6) is -2.11. The van der Waals surface area contributed by atoms with Crippen LogP contribution in [-0.2, 0) is 6.54 Å². The maximum absolute atomic E-state index is 12.4. The average molecular weight is 388 g/mol. The Hall–Kier alpha value is -4.13. The molecule has 0 aliphatic rings. The number of fused-ring (bicyclic) bond motifs is 1. The number of H-pyrrole nitrogens is 1. The molecule has 0 unspecified atom stereocenters. The van der Waals surface area contributed by atoms with Crippen LogP contribution in [0.15, 0.2) is 71.5 Å². The van der Waals surface area contributed by atoms with E-state index in [1.165, 1.54) is 10.6 Å². The Labute approximate surface area is 164 Å². The SMILES string of the molecule is O=C(O)c1ccccc1-c1ccc(Cn2c(=O)[nH]c3cccc(C(=O)O)c32)cc1. The fourth-order valence-corrected chi connectivity index (χ4v) is 3.44. The largest absolute Gasteiger partial charge is 0.478 e. The second-order valence-corrected chi connectivity index (χ2v) is 6.57. The summed E-state index contributed by atoms with van der Waals surface area (Å²) in [5.41, 5.74) is 2.78. The molecule has 7 heteroatoms. The summed E-state index contributed by atoms with van der Waals surface area (Å²) in [7, 11) is 0. The lowest BCUT2D eigenvalue weighted by molar-refractivity contribution is 0.0687. The molecule has 0 saturated carbocycles. The highest BCUT2D eigenvalue weighted by molar-refractivity contribution is 6.01. The van der Waals surface area contributed by atoms with Gasteiger partial charge in [-0.15, -0.1) is 0 Å². The highest BCUT2D eigenvalue weighted by Crippen LogP contribution is 2.25. The molecule has 7 nitrogen and oxygen atoms in total. The van der Waals surface area contributed by atoms with Crippen molar-refractivity contribution in [1.29, 1.82) is 0 Å². The summed E-state index contributed by atoms with van der Waals surface area (Å²) in [4.78, 5) is 38.0. The minimum atomic E-state index is -1.11. The fourth-order valence-electron chi connectivity index (χ4n) is 3.44. The highest BCUT2D eigenvalue weighted by Gasteiger charge is 2.16. The first-order chi connectivity index (χ1) is 14.0. The number of benzene rings is 3. The van der Waals surface area contributed by atoms with Crippen LogP contribution in [0.1, 0.15) is 26.3 Å². The number of nitrogens with one attached hydrogen (secondary N) is 1. The topological polar surface area (TPSA) is 112 Å². The number of imidazole rings is 1. The summed E-state index contributed by atoms with van der Waals surface area (Å²) in [6.07, 6.45) is 0. The number of aromatic nitrogens is 2. The number of hydrogen-bond donors (Lipinski definition) is 3. The predicted molar refractivity (Wildman–Crippen MR) is 107 cm³/mol. The van der Waals surface area contributed by atoms with E-state index in [4.69, 9.17) is 0 Å². The lowest BCUT2D eigenvalue weighted by Gasteiger charge is -2.09. The van der Waals surface area contributed by atoms with Crippen LogP contribution in [0.4, 0.5) is 0 Å². The van der Waals surface area contributed by atoms with Crippen molar-refractivity contribution in [2.45, 2.75) is 6.54 Å². The third kappa shape index (κ3) is 3.29. The number of para-hydroxylation sites is 1. The van der Waals surface area contributed by atoms with Crippen molar-refractivity contribution in [3.63, 3.8) is 0 Å². The van der Waals surface area contributed by atoms with Crippen molar-refractivity contribution in [3.05, 3.63) is 93.9 Å². The van der Waals surface area contributed by atoms with E-state index in [0.29, 0.717) is 16.6 Å². The number of hydrogen-bond acceptors (Lipinski definition) is 3. The molecule has 4 rings (SSSR count). The molecule has 0 bridgehead atoms. The molecule has 29 heavy (non-hydrogen) atoms. The van der Waals surface area contributed by atoms with Crippen molar-refractivity contribution in [2.75, 3.05) is 0 Å². The summed E-state index contributed by atoms with van der Waals surface area (Å²) in [6, 6.07) is 18.6. The molecule has 0 spiro atoms. The van der Waals surface area contributed by atoms with Crippen molar-refractivity contribution in [3.8, 4) is 11.1 Å². The van der Waals surface area contributed by atoms with Gasteiger partial charge in [-0.2, -0.15) is 0 Å². The molecule has 0 atom stereocenters. The van der Waals surface area contributed by atoms with E-state index in [0.717, 1.165) is 11.1 Å². The van der Waals surface area contributed by atoms with Gasteiger partial charge in [0.25, 0.3) is 0 Å². The minimum Gasteiger partial charge on any atom is -0.478 e. The van der Waals surface area contributed by atoms with Crippen molar-refractivity contribution >= 4 is 23.0 Å². The van der Waals surface area contributed by atoms with Gasteiger partial charge < -0.3 is 15.2 Å². The van der Waals surface area contributed by atoms with E-state index in [9.17, 15) is 24.6 Å². The quantitative estimate of drug-likeness (QED) is 0.485. The molecule has 0 saturated heterocycles. The molecule has 0 aliphatic carbocycles. The molecule has 0 radical (unpaired) electrons. The summed E-state index contributed by atoms with van der Waals surface area (Å²) < 4.78 is 1.39. The van der Waals surface area contributed by atoms with Crippen LogP contribution < -0.4 is 5.69 Å². The van der Waals surface area contributed by atoms with Crippen molar-refractivity contribution < 1.29 is 19.8 Å². The molecule has 4 aromatic rings. The van der Waals surface area contributed by atoms with Crippen LogP contribution in [0.5, 0.6) is 0 Å². The van der Waals surface area contributed by atoms with Crippen LogP contribution >= 0.6 is 0 Å². The number of aromatic amines is 1. The van der Waals surface area contributed by atoms with Gasteiger partial charge in [0.1, 0.15) is 0 Å². The molecule has 0 amide bonds. The van der Waals surface area contributed by atoms with E-state index in [1.54, 1.807) is 60.7 Å².